The number of rotatable bonds is 4. The molecule has 2 heterocycles. The molecule has 0 unspecified atom stereocenters. The lowest BCUT2D eigenvalue weighted by Crippen LogP contribution is -2.43. The van der Waals surface area contributed by atoms with Gasteiger partial charge in [0.1, 0.15) is 12.2 Å². The molecule has 0 bridgehead atoms. The van der Waals surface area contributed by atoms with Gasteiger partial charge in [0, 0.05) is 37.6 Å². The first-order valence-corrected chi connectivity index (χ1v) is 8.52. The van der Waals surface area contributed by atoms with Crippen molar-refractivity contribution in [3.8, 4) is 11.9 Å². The number of carbonyl (C=O) groups is 1. The molecule has 1 N–H and O–H groups in total. The summed E-state index contributed by atoms with van der Waals surface area (Å²) in [6.45, 7) is 1.36. The summed E-state index contributed by atoms with van der Waals surface area (Å²) in [5.74, 6) is 0.545. The zero-order chi connectivity index (χ0) is 16.8. The first kappa shape index (κ1) is 16.7. The molecule has 3 rings (SSSR count). The van der Waals surface area contributed by atoms with Crippen molar-refractivity contribution in [3.63, 3.8) is 0 Å². The van der Waals surface area contributed by atoms with E-state index in [1.807, 2.05) is 6.07 Å². The highest BCUT2D eigenvalue weighted by Gasteiger charge is 2.28. The molecule has 128 valence electrons. The number of hydrogen-bond acceptors (Lipinski definition) is 6. The Hall–Kier alpha value is -2.20. The lowest BCUT2D eigenvalue weighted by Gasteiger charge is -2.31. The van der Waals surface area contributed by atoms with Crippen LogP contribution >= 0.6 is 0 Å². The minimum Gasteiger partial charge on any atom is -0.472 e. The zero-order valence-electron chi connectivity index (χ0n) is 13.6. The molecule has 0 aromatic carbocycles. The van der Waals surface area contributed by atoms with Crippen molar-refractivity contribution < 1.29 is 14.3 Å². The number of ether oxygens (including phenoxy) is 2. The van der Waals surface area contributed by atoms with Crippen LogP contribution in [-0.2, 0) is 9.53 Å². The molecule has 24 heavy (non-hydrogen) atoms. The van der Waals surface area contributed by atoms with Crippen molar-refractivity contribution in [1.29, 1.82) is 5.26 Å². The fraction of sp³-hybridized carbons (Fsp3) is 0.647. The van der Waals surface area contributed by atoms with E-state index in [9.17, 15) is 4.79 Å². The first-order chi connectivity index (χ1) is 11.8. The van der Waals surface area contributed by atoms with E-state index in [-0.39, 0.29) is 29.7 Å². The second-order valence-corrected chi connectivity index (χ2v) is 6.31. The van der Waals surface area contributed by atoms with Crippen LogP contribution in [0.4, 0.5) is 0 Å². The second kappa shape index (κ2) is 8.06. The largest absolute Gasteiger partial charge is 0.472 e. The molecule has 1 saturated carbocycles. The molecule has 7 nitrogen and oxygen atoms in total. The molecular formula is C17H22N4O3. The molecule has 2 aliphatic rings. The summed E-state index contributed by atoms with van der Waals surface area (Å²) in [4.78, 5) is 20.3. The van der Waals surface area contributed by atoms with Crippen LogP contribution in [0.25, 0.3) is 0 Å². The highest BCUT2D eigenvalue weighted by Crippen LogP contribution is 2.24. The van der Waals surface area contributed by atoms with Gasteiger partial charge in [0.15, 0.2) is 0 Å². The van der Waals surface area contributed by atoms with Gasteiger partial charge in [-0.05, 0) is 38.5 Å². The van der Waals surface area contributed by atoms with Gasteiger partial charge in [-0.25, -0.2) is 9.97 Å². The molecule has 1 aromatic rings. The van der Waals surface area contributed by atoms with Gasteiger partial charge in [-0.15, -0.1) is 0 Å². The normalized spacial score (nSPS) is 24.8. The van der Waals surface area contributed by atoms with Crippen LogP contribution in [0, 0.1) is 17.2 Å². The maximum Gasteiger partial charge on any atom is 0.251 e. The minimum absolute atomic E-state index is 0.0185. The monoisotopic (exact) mass is 330 g/mol. The Morgan fingerprint density at radius 1 is 1.17 bits per heavy atom. The summed E-state index contributed by atoms with van der Waals surface area (Å²) in [5, 5.41) is 12.2. The summed E-state index contributed by atoms with van der Waals surface area (Å²) >= 11 is 0. The van der Waals surface area contributed by atoms with Crippen molar-refractivity contribution in [2.24, 2.45) is 5.92 Å². The SMILES string of the molecule is N#Cc1nccnc1OC1CCC(NC(=O)C2CCOCC2)CC1. The molecule has 1 amide bonds. The number of carbonyl (C=O) groups excluding carboxylic acids is 1. The summed E-state index contributed by atoms with van der Waals surface area (Å²) in [6.07, 6.45) is 8.07. The van der Waals surface area contributed by atoms with Gasteiger partial charge in [-0.3, -0.25) is 4.79 Å². The Labute approximate surface area is 141 Å². The standard InChI is InChI=1S/C17H22N4O3/c18-11-15-17(20-8-7-19-15)24-14-3-1-13(2-4-14)21-16(22)12-5-9-23-10-6-12/h7-8,12-14H,1-6,9-10H2,(H,21,22). The third-order valence-corrected chi connectivity index (χ3v) is 4.66. The van der Waals surface area contributed by atoms with Crippen LogP contribution in [0.3, 0.4) is 0 Å². The number of nitrogens with zero attached hydrogens (tertiary/aromatic N) is 3. The molecule has 1 aliphatic heterocycles. The van der Waals surface area contributed by atoms with Crippen LogP contribution in [0.5, 0.6) is 5.88 Å². The van der Waals surface area contributed by atoms with Crippen molar-refractivity contribution in [3.05, 3.63) is 18.1 Å². The van der Waals surface area contributed by atoms with Crippen molar-refractivity contribution >= 4 is 5.91 Å². The van der Waals surface area contributed by atoms with E-state index < -0.39 is 0 Å². The number of amides is 1. The van der Waals surface area contributed by atoms with Crippen molar-refractivity contribution in [2.45, 2.75) is 50.7 Å². The predicted octanol–water partition coefficient (Wildman–Crippen LogP) is 1.58. The lowest BCUT2D eigenvalue weighted by molar-refractivity contribution is -0.128. The highest BCUT2D eigenvalue weighted by atomic mass is 16.5. The van der Waals surface area contributed by atoms with Gasteiger partial charge in [0.25, 0.3) is 5.88 Å². The Bertz CT molecular complexity index is 602. The van der Waals surface area contributed by atoms with Gasteiger partial charge in [-0.1, -0.05) is 0 Å². The Balaban J connectivity index is 1.45. The van der Waals surface area contributed by atoms with Crippen molar-refractivity contribution in [1.82, 2.24) is 15.3 Å². The van der Waals surface area contributed by atoms with E-state index in [0.717, 1.165) is 38.5 Å². The Morgan fingerprint density at radius 2 is 1.88 bits per heavy atom. The van der Waals surface area contributed by atoms with E-state index in [4.69, 9.17) is 14.7 Å². The van der Waals surface area contributed by atoms with Gasteiger partial charge >= 0.3 is 0 Å². The van der Waals surface area contributed by atoms with E-state index in [2.05, 4.69) is 15.3 Å². The van der Waals surface area contributed by atoms with Crippen LogP contribution in [0.2, 0.25) is 0 Å². The van der Waals surface area contributed by atoms with E-state index in [0.29, 0.717) is 19.1 Å². The summed E-state index contributed by atoms with van der Waals surface area (Å²) < 4.78 is 11.1. The molecule has 0 spiro atoms. The summed E-state index contributed by atoms with van der Waals surface area (Å²) in [5.41, 5.74) is 0.215. The lowest BCUT2D eigenvalue weighted by atomic mass is 9.91. The molecule has 1 saturated heterocycles. The maximum absolute atomic E-state index is 12.3. The molecule has 7 heteroatoms. The Morgan fingerprint density at radius 3 is 2.58 bits per heavy atom. The van der Waals surface area contributed by atoms with Gasteiger partial charge < -0.3 is 14.8 Å². The maximum atomic E-state index is 12.3. The predicted molar refractivity (Wildman–Crippen MR) is 85.1 cm³/mol. The molecule has 2 fully saturated rings. The number of nitriles is 1. The number of hydrogen-bond donors (Lipinski definition) is 1. The summed E-state index contributed by atoms with van der Waals surface area (Å²) in [7, 11) is 0. The van der Waals surface area contributed by atoms with Crippen molar-refractivity contribution in [2.75, 3.05) is 13.2 Å². The first-order valence-electron chi connectivity index (χ1n) is 8.52. The second-order valence-electron chi connectivity index (χ2n) is 6.31. The third kappa shape index (κ3) is 4.20. The van der Waals surface area contributed by atoms with E-state index in [1.165, 1.54) is 12.4 Å². The van der Waals surface area contributed by atoms with Crippen LogP contribution in [0.1, 0.15) is 44.2 Å². The van der Waals surface area contributed by atoms with E-state index >= 15 is 0 Å². The quantitative estimate of drug-likeness (QED) is 0.900. The average Bonchev–Trinajstić information content (AvgIpc) is 2.64. The average molecular weight is 330 g/mol. The number of nitrogens with one attached hydrogen (secondary N) is 1. The molecular weight excluding hydrogens is 308 g/mol. The van der Waals surface area contributed by atoms with Crippen LogP contribution in [0.15, 0.2) is 12.4 Å². The van der Waals surface area contributed by atoms with E-state index in [1.54, 1.807) is 0 Å². The minimum atomic E-state index is 0.0185. The molecule has 0 radical (unpaired) electrons. The van der Waals surface area contributed by atoms with Gasteiger partial charge in [0.05, 0.1) is 0 Å². The summed E-state index contributed by atoms with van der Waals surface area (Å²) in [6, 6.07) is 2.20. The third-order valence-electron chi connectivity index (χ3n) is 4.66. The Kier molecular flexibility index (Phi) is 5.59. The van der Waals surface area contributed by atoms with Crippen LogP contribution < -0.4 is 10.1 Å². The van der Waals surface area contributed by atoms with Gasteiger partial charge in [0.2, 0.25) is 11.6 Å². The molecule has 1 aliphatic carbocycles. The van der Waals surface area contributed by atoms with Crippen LogP contribution in [-0.4, -0.2) is 41.2 Å². The smallest absolute Gasteiger partial charge is 0.251 e. The fourth-order valence-corrected chi connectivity index (χ4v) is 3.25. The fourth-order valence-electron chi connectivity index (χ4n) is 3.25. The topological polar surface area (TPSA) is 97.1 Å². The molecule has 0 atom stereocenters. The number of aromatic nitrogens is 2. The zero-order valence-corrected chi connectivity index (χ0v) is 13.6. The molecule has 1 aromatic heterocycles. The van der Waals surface area contributed by atoms with Gasteiger partial charge in [-0.2, -0.15) is 5.26 Å². The highest BCUT2D eigenvalue weighted by molar-refractivity contribution is 5.79.